The minimum Gasteiger partial charge on any atom is -0.497 e. The smallest absolute Gasteiger partial charge is 0.119 e. The van der Waals surface area contributed by atoms with Gasteiger partial charge in [0.25, 0.3) is 0 Å². The monoisotopic (exact) mass is 331 g/mol. The van der Waals surface area contributed by atoms with Crippen LogP contribution in [-0.2, 0) is 17.7 Å². The van der Waals surface area contributed by atoms with Gasteiger partial charge in [-0.3, -0.25) is 4.90 Å². The summed E-state index contributed by atoms with van der Waals surface area (Å²) in [5.74, 6) is 0.876. The van der Waals surface area contributed by atoms with Crippen molar-refractivity contribution in [1.82, 2.24) is 15.2 Å². The highest BCUT2D eigenvalue weighted by Gasteiger charge is 2.33. The zero-order valence-corrected chi connectivity index (χ0v) is 14.1. The molecule has 24 heavy (non-hydrogen) atoms. The molecule has 0 spiro atoms. The minimum atomic E-state index is -0.822. The molecule has 1 aromatic heterocycles. The summed E-state index contributed by atoms with van der Waals surface area (Å²) in [6.45, 7) is 4.84. The number of benzene rings is 1. The highest BCUT2D eigenvalue weighted by Crippen LogP contribution is 2.31. The van der Waals surface area contributed by atoms with Gasteiger partial charge in [0.2, 0.25) is 0 Å². The molecule has 0 radical (unpaired) electrons. The molecule has 2 aliphatic heterocycles. The van der Waals surface area contributed by atoms with Crippen LogP contribution in [0, 0.1) is 0 Å². The Hall–Kier alpha value is -1.60. The number of nitrogens with one attached hydrogen (secondary N) is 2. The van der Waals surface area contributed by atoms with Crippen molar-refractivity contribution in [3.05, 3.63) is 29.5 Å². The number of H-pyrrole nitrogens is 1. The van der Waals surface area contributed by atoms with Gasteiger partial charge in [0, 0.05) is 55.7 Å². The van der Waals surface area contributed by atoms with Crippen LogP contribution in [0.3, 0.4) is 0 Å². The molecular weight excluding hydrogens is 306 g/mol. The maximum Gasteiger partial charge on any atom is 0.119 e. The van der Waals surface area contributed by atoms with Gasteiger partial charge in [0.1, 0.15) is 11.4 Å². The van der Waals surface area contributed by atoms with Crippen LogP contribution >= 0.6 is 0 Å². The second-order valence-corrected chi connectivity index (χ2v) is 6.91. The summed E-state index contributed by atoms with van der Waals surface area (Å²) in [4.78, 5) is 5.85. The number of β-amino-alcohol motifs (C(OH)–C–C–N with tert-alkyl or cyclic N) is 1. The first kappa shape index (κ1) is 15.9. The van der Waals surface area contributed by atoms with Crippen molar-refractivity contribution in [3.63, 3.8) is 0 Å². The third-order valence-corrected chi connectivity index (χ3v) is 5.03. The van der Waals surface area contributed by atoms with E-state index >= 15 is 0 Å². The number of ether oxygens (including phenoxy) is 2. The molecule has 1 atom stereocenters. The Morgan fingerprint density at radius 1 is 1.42 bits per heavy atom. The van der Waals surface area contributed by atoms with Crippen LogP contribution in [0.1, 0.15) is 11.3 Å². The van der Waals surface area contributed by atoms with Crippen molar-refractivity contribution in [3.8, 4) is 5.75 Å². The third-order valence-electron chi connectivity index (χ3n) is 5.03. The summed E-state index contributed by atoms with van der Waals surface area (Å²) >= 11 is 0. The van der Waals surface area contributed by atoms with Crippen LogP contribution in [0.2, 0.25) is 0 Å². The van der Waals surface area contributed by atoms with Gasteiger partial charge in [-0.25, -0.2) is 0 Å². The number of rotatable bonds is 3. The van der Waals surface area contributed by atoms with Gasteiger partial charge in [0.05, 0.1) is 20.3 Å². The zero-order valence-electron chi connectivity index (χ0n) is 14.1. The topological polar surface area (TPSA) is 69.8 Å². The Kier molecular flexibility index (Phi) is 4.22. The molecule has 2 aromatic rings. The average Bonchev–Trinajstić information content (AvgIpc) is 2.80. The molecule has 6 nitrogen and oxygen atoms in total. The number of aromatic nitrogens is 1. The van der Waals surface area contributed by atoms with E-state index in [0.717, 1.165) is 37.3 Å². The maximum absolute atomic E-state index is 10.8. The number of fused-ring (bicyclic) bond motifs is 3. The molecule has 6 heteroatoms. The van der Waals surface area contributed by atoms with E-state index in [9.17, 15) is 5.11 Å². The van der Waals surface area contributed by atoms with E-state index in [1.165, 1.54) is 16.6 Å². The van der Waals surface area contributed by atoms with E-state index in [2.05, 4.69) is 27.3 Å². The first-order valence-corrected chi connectivity index (χ1v) is 8.57. The van der Waals surface area contributed by atoms with Crippen molar-refractivity contribution >= 4 is 10.9 Å². The molecule has 1 saturated heterocycles. The van der Waals surface area contributed by atoms with Gasteiger partial charge in [-0.2, -0.15) is 0 Å². The Bertz CT molecular complexity index is 720. The molecule has 0 saturated carbocycles. The number of nitrogens with zero attached hydrogens (tertiary/aromatic N) is 1. The van der Waals surface area contributed by atoms with Crippen LogP contribution in [0.25, 0.3) is 10.9 Å². The van der Waals surface area contributed by atoms with Gasteiger partial charge in [0.15, 0.2) is 0 Å². The number of methoxy groups -OCH3 is 1. The molecule has 3 heterocycles. The molecular formula is C18H25N3O3. The summed E-state index contributed by atoms with van der Waals surface area (Å²) in [6, 6.07) is 6.16. The van der Waals surface area contributed by atoms with Crippen molar-refractivity contribution in [2.45, 2.75) is 18.6 Å². The van der Waals surface area contributed by atoms with E-state index in [4.69, 9.17) is 9.47 Å². The van der Waals surface area contributed by atoms with Crippen LogP contribution in [0.5, 0.6) is 5.75 Å². The fourth-order valence-corrected chi connectivity index (χ4v) is 3.81. The third kappa shape index (κ3) is 3.02. The van der Waals surface area contributed by atoms with Gasteiger partial charge < -0.3 is 24.9 Å². The van der Waals surface area contributed by atoms with Crippen molar-refractivity contribution in [1.29, 1.82) is 0 Å². The number of hydrogen-bond donors (Lipinski definition) is 3. The fraction of sp³-hybridized carbons (Fsp3) is 0.556. The van der Waals surface area contributed by atoms with E-state index in [0.29, 0.717) is 26.3 Å². The molecule has 3 N–H and O–H groups in total. The highest BCUT2D eigenvalue weighted by atomic mass is 16.5. The molecule has 0 aliphatic carbocycles. The zero-order chi connectivity index (χ0) is 16.6. The molecule has 1 fully saturated rings. The van der Waals surface area contributed by atoms with E-state index in [1.807, 2.05) is 6.07 Å². The number of aliphatic hydroxyl groups is 1. The predicted molar refractivity (Wildman–Crippen MR) is 92.5 cm³/mol. The largest absolute Gasteiger partial charge is 0.497 e. The van der Waals surface area contributed by atoms with E-state index < -0.39 is 5.60 Å². The average molecular weight is 331 g/mol. The summed E-state index contributed by atoms with van der Waals surface area (Å²) in [5, 5.41) is 15.3. The lowest BCUT2D eigenvalue weighted by Crippen LogP contribution is -2.52. The summed E-state index contributed by atoms with van der Waals surface area (Å²) in [6.07, 6.45) is 0.969. The SMILES string of the molecule is COc1ccc2[nH]c3c(c2c1)CN(CC1(O)CNCCOC1)CC3. The van der Waals surface area contributed by atoms with Crippen LogP contribution in [-0.4, -0.2) is 67.1 Å². The van der Waals surface area contributed by atoms with Gasteiger partial charge >= 0.3 is 0 Å². The standard InChI is InChI=1S/C18H25N3O3/c1-23-13-2-3-16-14(8-13)15-9-21(6-4-17(15)20-16)11-18(22)10-19-5-7-24-12-18/h2-3,8,19-20,22H,4-7,9-12H2,1H3. The molecule has 1 aromatic carbocycles. The molecule has 4 rings (SSSR count). The Morgan fingerprint density at radius 3 is 3.21 bits per heavy atom. The maximum atomic E-state index is 10.8. The lowest BCUT2D eigenvalue weighted by atomic mass is 10.00. The Labute approximate surface area is 141 Å². The normalized spacial score (nSPS) is 25.4. The molecule has 0 bridgehead atoms. The molecule has 0 amide bonds. The fourth-order valence-electron chi connectivity index (χ4n) is 3.81. The molecule has 2 aliphatic rings. The lowest BCUT2D eigenvalue weighted by molar-refractivity contribution is -0.0510. The predicted octanol–water partition coefficient (Wildman–Crippen LogP) is 0.885. The van der Waals surface area contributed by atoms with E-state index in [-0.39, 0.29) is 0 Å². The van der Waals surface area contributed by atoms with Crippen LogP contribution in [0.4, 0.5) is 0 Å². The molecule has 130 valence electrons. The van der Waals surface area contributed by atoms with Gasteiger partial charge in [-0.15, -0.1) is 0 Å². The summed E-state index contributed by atoms with van der Waals surface area (Å²) in [5.41, 5.74) is 2.96. The highest BCUT2D eigenvalue weighted by molar-refractivity contribution is 5.86. The number of hydrogen-bond acceptors (Lipinski definition) is 5. The first-order chi connectivity index (χ1) is 11.7. The Balaban J connectivity index is 1.56. The second kappa shape index (κ2) is 6.37. The van der Waals surface area contributed by atoms with Crippen LogP contribution < -0.4 is 10.1 Å². The Morgan fingerprint density at radius 2 is 2.33 bits per heavy atom. The van der Waals surface area contributed by atoms with Gasteiger partial charge in [-0.05, 0) is 23.8 Å². The quantitative estimate of drug-likeness (QED) is 0.779. The lowest BCUT2D eigenvalue weighted by Gasteiger charge is -2.35. The second-order valence-electron chi connectivity index (χ2n) is 6.91. The van der Waals surface area contributed by atoms with Crippen molar-refractivity contribution < 1.29 is 14.6 Å². The summed E-state index contributed by atoms with van der Waals surface area (Å²) < 4.78 is 10.9. The van der Waals surface area contributed by atoms with Gasteiger partial charge in [-0.1, -0.05) is 0 Å². The van der Waals surface area contributed by atoms with E-state index in [1.54, 1.807) is 7.11 Å². The minimum absolute atomic E-state index is 0.394. The first-order valence-electron chi connectivity index (χ1n) is 8.57. The van der Waals surface area contributed by atoms with Crippen LogP contribution in [0.15, 0.2) is 18.2 Å². The van der Waals surface area contributed by atoms with Crippen molar-refractivity contribution in [2.24, 2.45) is 0 Å². The molecule has 1 unspecified atom stereocenters. The summed E-state index contributed by atoms with van der Waals surface area (Å²) in [7, 11) is 1.70. The number of aromatic amines is 1. The van der Waals surface area contributed by atoms with Crippen molar-refractivity contribution in [2.75, 3.05) is 46.5 Å².